The molecule has 1 atom stereocenters. The van der Waals surface area contributed by atoms with Crippen LogP contribution in [-0.2, 0) is 9.47 Å². The SMILES string of the molecule is CCOC(=O)c1cnc2c(C(=O)OC)cccc2c1NCC(C)O. The van der Waals surface area contributed by atoms with Crippen LogP contribution < -0.4 is 5.32 Å². The summed E-state index contributed by atoms with van der Waals surface area (Å²) < 4.78 is 9.82. The lowest BCUT2D eigenvalue weighted by atomic mass is 10.0. The van der Waals surface area contributed by atoms with E-state index in [-0.39, 0.29) is 18.7 Å². The summed E-state index contributed by atoms with van der Waals surface area (Å²) in [5.41, 5.74) is 1.41. The van der Waals surface area contributed by atoms with Gasteiger partial charge in [0.1, 0.15) is 5.56 Å². The zero-order valence-corrected chi connectivity index (χ0v) is 13.8. The Hall–Kier alpha value is -2.67. The quantitative estimate of drug-likeness (QED) is 0.781. The predicted octanol–water partition coefficient (Wildman–Crippen LogP) is 1.99. The number of carbonyl (C=O) groups excluding carboxylic acids is 2. The smallest absolute Gasteiger partial charge is 0.341 e. The fourth-order valence-electron chi connectivity index (χ4n) is 2.30. The topological polar surface area (TPSA) is 97.8 Å². The van der Waals surface area contributed by atoms with Gasteiger partial charge in [-0.1, -0.05) is 12.1 Å². The Bertz CT molecular complexity index is 758. The van der Waals surface area contributed by atoms with Gasteiger partial charge in [-0.2, -0.15) is 0 Å². The third-order valence-electron chi connectivity index (χ3n) is 3.37. The highest BCUT2D eigenvalue weighted by Crippen LogP contribution is 2.29. The van der Waals surface area contributed by atoms with Gasteiger partial charge in [-0.3, -0.25) is 4.98 Å². The number of hydrogen-bond donors (Lipinski definition) is 2. The molecule has 0 aliphatic heterocycles. The second-order valence-corrected chi connectivity index (χ2v) is 5.19. The molecule has 0 saturated carbocycles. The number of nitrogens with one attached hydrogen (secondary N) is 1. The molecule has 0 aliphatic carbocycles. The fraction of sp³-hybridized carbons (Fsp3) is 0.353. The average molecular weight is 332 g/mol. The monoisotopic (exact) mass is 332 g/mol. The van der Waals surface area contributed by atoms with Crippen molar-refractivity contribution in [1.82, 2.24) is 4.98 Å². The molecule has 0 bridgehead atoms. The summed E-state index contributed by atoms with van der Waals surface area (Å²) in [5.74, 6) is -1.04. The molecule has 2 aromatic rings. The van der Waals surface area contributed by atoms with Gasteiger partial charge in [-0.15, -0.1) is 0 Å². The van der Waals surface area contributed by atoms with E-state index in [0.29, 0.717) is 22.2 Å². The highest BCUT2D eigenvalue weighted by Gasteiger charge is 2.20. The summed E-state index contributed by atoms with van der Waals surface area (Å²) >= 11 is 0. The van der Waals surface area contributed by atoms with Gasteiger partial charge in [0.05, 0.1) is 36.6 Å². The maximum Gasteiger partial charge on any atom is 0.341 e. The maximum atomic E-state index is 12.2. The summed E-state index contributed by atoms with van der Waals surface area (Å²) in [4.78, 5) is 28.3. The molecule has 0 spiro atoms. The summed E-state index contributed by atoms with van der Waals surface area (Å²) in [6.45, 7) is 3.80. The number of fused-ring (bicyclic) bond motifs is 1. The molecule has 1 heterocycles. The molecule has 0 amide bonds. The Morgan fingerprint density at radius 1 is 1.29 bits per heavy atom. The van der Waals surface area contributed by atoms with Crippen molar-refractivity contribution in [1.29, 1.82) is 0 Å². The number of methoxy groups -OCH3 is 1. The first-order chi connectivity index (χ1) is 11.5. The van der Waals surface area contributed by atoms with Crippen molar-refractivity contribution in [3.63, 3.8) is 0 Å². The van der Waals surface area contributed by atoms with Crippen LogP contribution in [0.1, 0.15) is 34.6 Å². The molecule has 2 rings (SSSR count). The Morgan fingerprint density at radius 3 is 2.67 bits per heavy atom. The third-order valence-corrected chi connectivity index (χ3v) is 3.37. The van der Waals surface area contributed by atoms with Gasteiger partial charge in [0.2, 0.25) is 0 Å². The molecule has 7 heteroatoms. The van der Waals surface area contributed by atoms with E-state index < -0.39 is 18.0 Å². The first-order valence-corrected chi connectivity index (χ1v) is 7.58. The van der Waals surface area contributed by atoms with E-state index in [1.54, 1.807) is 32.0 Å². The Morgan fingerprint density at radius 2 is 2.04 bits per heavy atom. The number of anilines is 1. The van der Waals surface area contributed by atoms with E-state index in [1.165, 1.54) is 13.3 Å². The van der Waals surface area contributed by atoms with Gasteiger partial charge in [0.25, 0.3) is 0 Å². The van der Waals surface area contributed by atoms with Crippen molar-refractivity contribution in [2.45, 2.75) is 20.0 Å². The number of esters is 2. The Kier molecular flexibility index (Phi) is 5.70. The van der Waals surface area contributed by atoms with Crippen LogP contribution in [0.5, 0.6) is 0 Å². The van der Waals surface area contributed by atoms with E-state index in [2.05, 4.69) is 10.3 Å². The number of pyridine rings is 1. The number of aliphatic hydroxyl groups excluding tert-OH is 1. The molecule has 7 nitrogen and oxygen atoms in total. The van der Waals surface area contributed by atoms with Crippen molar-refractivity contribution >= 4 is 28.5 Å². The lowest BCUT2D eigenvalue weighted by Gasteiger charge is -2.16. The zero-order chi connectivity index (χ0) is 17.7. The van der Waals surface area contributed by atoms with E-state index in [9.17, 15) is 14.7 Å². The van der Waals surface area contributed by atoms with Gasteiger partial charge in [-0.25, -0.2) is 9.59 Å². The predicted molar refractivity (Wildman–Crippen MR) is 89.2 cm³/mol. The van der Waals surface area contributed by atoms with Crippen LogP contribution in [0, 0.1) is 0 Å². The van der Waals surface area contributed by atoms with Crippen molar-refractivity contribution in [3.05, 3.63) is 35.5 Å². The molecule has 0 radical (unpaired) electrons. The third kappa shape index (κ3) is 3.62. The minimum atomic E-state index is -0.618. The normalized spacial score (nSPS) is 11.8. The Balaban J connectivity index is 2.64. The number of aromatic nitrogens is 1. The molecule has 0 saturated heterocycles. The minimum absolute atomic E-state index is 0.230. The number of para-hydroxylation sites is 1. The van der Waals surface area contributed by atoms with Gasteiger partial charge in [0.15, 0.2) is 0 Å². The average Bonchev–Trinajstić information content (AvgIpc) is 2.58. The van der Waals surface area contributed by atoms with E-state index in [1.807, 2.05) is 0 Å². The molecule has 1 aromatic carbocycles. The molecule has 0 fully saturated rings. The molecular formula is C17H20N2O5. The van der Waals surface area contributed by atoms with E-state index in [4.69, 9.17) is 9.47 Å². The molecule has 128 valence electrons. The standard InChI is InChI=1S/C17H20N2O5/c1-4-24-17(22)13-9-19-14-11(15(13)18-8-10(2)20)6-5-7-12(14)16(21)23-3/h5-7,9-10,20H,4,8H2,1-3H3,(H,18,19). The highest BCUT2D eigenvalue weighted by atomic mass is 16.5. The van der Waals surface area contributed by atoms with Gasteiger partial charge >= 0.3 is 11.9 Å². The van der Waals surface area contributed by atoms with E-state index >= 15 is 0 Å². The van der Waals surface area contributed by atoms with Crippen LogP contribution in [0.2, 0.25) is 0 Å². The fourth-order valence-corrected chi connectivity index (χ4v) is 2.30. The second-order valence-electron chi connectivity index (χ2n) is 5.19. The lowest BCUT2D eigenvalue weighted by Crippen LogP contribution is -2.18. The number of benzene rings is 1. The van der Waals surface area contributed by atoms with Crippen LogP contribution in [0.4, 0.5) is 5.69 Å². The summed E-state index contributed by atoms with van der Waals surface area (Å²) in [7, 11) is 1.29. The zero-order valence-electron chi connectivity index (χ0n) is 13.8. The molecule has 2 N–H and O–H groups in total. The second kappa shape index (κ2) is 7.74. The van der Waals surface area contributed by atoms with Gasteiger partial charge in [-0.05, 0) is 19.9 Å². The molecule has 1 unspecified atom stereocenters. The number of rotatable bonds is 6. The number of aliphatic hydroxyl groups is 1. The van der Waals surface area contributed by atoms with Crippen LogP contribution >= 0.6 is 0 Å². The number of ether oxygens (including phenoxy) is 2. The number of nitrogens with zero attached hydrogens (tertiary/aromatic N) is 1. The Labute approximate surface area is 139 Å². The summed E-state index contributed by atoms with van der Waals surface area (Å²) in [5, 5.41) is 13.1. The highest BCUT2D eigenvalue weighted by molar-refractivity contribution is 6.10. The first kappa shape index (κ1) is 17.7. The minimum Gasteiger partial charge on any atom is -0.465 e. The van der Waals surface area contributed by atoms with Crippen LogP contribution in [0.15, 0.2) is 24.4 Å². The number of hydrogen-bond acceptors (Lipinski definition) is 7. The molecule has 0 aliphatic rings. The largest absolute Gasteiger partial charge is 0.465 e. The number of carbonyl (C=O) groups is 2. The summed E-state index contributed by atoms with van der Waals surface area (Å²) in [6.07, 6.45) is 0.740. The van der Waals surface area contributed by atoms with Crippen molar-refractivity contribution < 1.29 is 24.2 Å². The first-order valence-electron chi connectivity index (χ1n) is 7.58. The van der Waals surface area contributed by atoms with Gasteiger partial charge in [0, 0.05) is 18.1 Å². The van der Waals surface area contributed by atoms with Crippen molar-refractivity contribution in [3.8, 4) is 0 Å². The van der Waals surface area contributed by atoms with Crippen LogP contribution in [0.25, 0.3) is 10.9 Å². The van der Waals surface area contributed by atoms with E-state index in [0.717, 1.165) is 0 Å². The summed E-state index contributed by atoms with van der Waals surface area (Å²) in [6, 6.07) is 5.02. The van der Waals surface area contributed by atoms with Crippen LogP contribution in [0.3, 0.4) is 0 Å². The molecule has 1 aromatic heterocycles. The molecule has 24 heavy (non-hydrogen) atoms. The van der Waals surface area contributed by atoms with Gasteiger partial charge < -0.3 is 19.9 Å². The molecular weight excluding hydrogens is 312 g/mol. The maximum absolute atomic E-state index is 12.2. The van der Waals surface area contributed by atoms with Crippen molar-refractivity contribution in [2.75, 3.05) is 25.6 Å². The lowest BCUT2D eigenvalue weighted by molar-refractivity contribution is 0.0526. The van der Waals surface area contributed by atoms with Crippen molar-refractivity contribution in [2.24, 2.45) is 0 Å². The van der Waals surface area contributed by atoms with Crippen LogP contribution in [-0.4, -0.2) is 48.4 Å².